The number of ketones is 1. The van der Waals surface area contributed by atoms with Crippen LogP contribution in [0.1, 0.15) is 16.2 Å². The number of halogens is 1. The minimum atomic E-state index is -0.245. The predicted molar refractivity (Wildman–Crippen MR) is 70.7 cm³/mol. The number of carbonyl (C=O) groups is 1. The van der Waals surface area contributed by atoms with Gasteiger partial charge in [0, 0.05) is 13.2 Å². The molecule has 2 heterocycles. The lowest BCUT2D eigenvalue weighted by Gasteiger charge is -2.07. The van der Waals surface area contributed by atoms with Crippen LogP contribution in [0.5, 0.6) is 0 Å². The van der Waals surface area contributed by atoms with Crippen LogP contribution in [-0.4, -0.2) is 19.9 Å². The summed E-state index contributed by atoms with van der Waals surface area (Å²) in [7, 11) is 1.79. The van der Waals surface area contributed by atoms with Crippen molar-refractivity contribution in [3.8, 4) is 0 Å². The molecule has 18 heavy (non-hydrogen) atoms. The Bertz CT molecular complexity index is 658. The normalized spacial score (nSPS) is 10.6. The fourth-order valence-electron chi connectivity index (χ4n) is 1.65. The first kappa shape index (κ1) is 12.8. The molecule has 94 valence electrons. The quantitative estimate of drug-likeness (QED) is 0.808. The molecule has 0 radical (unpaired) electrons. The number of Topliss-reactive ketones (excluding diaryl/α,β-unsaturated/α-hetero) is 1. The average Bonchev–Trinajstić information content (AvgIpc) is 2.76. The third kappa shape index (κ3) is 2.28. The molecule has 5 nitrogen and oxygen atoms in total. The first-order chi connectivity index (χ1) is 8.50. The van der Waals surface area contributed by atoms with Gasteiger partial charge in [0.05, 0.1) is 24.3 Å². The number of aromatic nitrogens is 3. The molecule has 2 rings (SSSR count). The Hall–Kier alpha value is -1.69. The van der Waals surface area contributed by atoms with Gasteiger partial charge in [0.1, 0.15) is 4.47 Å². The van der Waals surface area contributed by atoms with Crippen molar-refractivity contribution in [3.05, 3.63) is 50.9 Å². The van der Waals surface area contributed by atoms with Gasteiger partial charge in [-0.2, -0.15) is 0 Å². The summed E-state index contributed by atoms with van der Waals surface area (Å²) in [5.41, 5.74) is 0.936. The predicted octanol–water partition coefficient (Wildman–Crippen LogP) is 1.54. The zero-order valence-corrected chi connectivity index (χ0v) is 11.6. The van der Waals surface area contributed by atoms with Gasteiger partial charge in [-0.1, -0.05) is 0 Å². The van der Waals surface area contributed by atoms with Crippen molar-refractivity contribution in [2.45, 2.75) is 13.5 Å². The highest BCUT2D eigenvalue weighted by Gasteiger charge is 2.12. The number of hydrogen-bond donors (Lipinski definition) is 0. The summed E-state index contributed by atoms with van der Waals surface area (Å²) >= 11 is 3.17. The highest BCUT2D eigenvalue weighted by Crippen LogP contribution is 2.07. The van der Waals surface area contributed by atoms with Gasteiger partial charge >= 0.3 is 0 Å². The highest BCUT2D eigenvalue weighted by molar-refractivity contribution is 9.10. The second kappa shape index (κ2) is 4.89. The molecule has 0 fully saturated rings. The molecular weight excluding hydrogens is 298 g/mol. The van der Waals surface area contributed by atoms with Gasteiger partial charge in [-0.15, -0.1) is 0 Å². The third-order valence-corrected chi connectivity index (χ3v) is 3.61. The number of rotatable bonds is 3. The molecular formula is C12H12BrN3O2. The Morgan fingerprint density at radius 1 is 1.50 bits per heavy atom. The maximum absolute atomic E-state index is 12.0. The lowest BCUT2D eigenvalue weighted by Crippen LogP contribution is -2.26. The molecule has 6 heteroatoms. The summed E-state index contributed by atoms with van der Waals surface area (Å²) < 4.78 is 3.42. The average molecular weight is 310 g/mol. The van der Waals surface area contributed by atoms with Gasteiger partial charge < -0.3 is 4.57 Å². The summed E-state index contributed by atoms with van der Waals surface area (Å²) in [4.78, 5) is 28.0. The van der Waals surface area contributed by atoms with E-state index in [9.17, 15) is 9.59 Å². The second-order valence-corrected chi connectivity index (χ2v) is 4.80. The molecule has 0 amide bonds. The van der Waals surface area contributed by atoms with E-state index in [0.29, 0.717) is 15.9 Å². The van der Waals surface area contributed by atoms with E-state index >= 15 is 0 Å². The molecule has 2 aromatic heterocycles. The fourth-order valence-corrected chi connectivity index (χ4v) is 1.98. The molecule has 0 aliphatic carbocycles. The monoisotopic (exact) mass is 309 g/mol. The van der Waals surface area contributed by atoms with Crippen LogP contribution in [0.2, 0.25) is 0 Å². The fraction of sp³-hybridized carbons (Fsp3) is 0.250. The maximum atomic E-state index is 12.0. The molecule has 0 unspecified atom stereocenters. The molecule has 2 aromatic rings. The van der Waals surface area contributed by atoms with Crippen LogP contribution in [0, 0.1) is 6.92 Å². The molecule has 0 spiro atoms. The van der Waals surface area contributed by atoms with Crippen molar-refractivity contribution < 1.29 is 4.79 Å². The largest absolute Gasteiger partial charge is 0.348 e. The van der Waals surface area contributed by atoms with E-state index in [1.165, 1.54) is 10.9 Å². The van der Waals surface area contributed by atoms with E-state index in [1.807, 2.05) is 0 Å². The van der Waals surface area contributed by atoms with E-state index in [4.69, 9.17) is 0 Å². The minimum absolute atomic E-state index is 0.0113. The van der Waals surface area contributed by atoms with Crippen LogP contribution >= 0.6 is 15.9 Å². The van der Waals surface area contributed by atoms with Crippen LogP contribution < -0.4 is 5.56 Å². The molecule has 0 saturated carbocycles. The Morgan fingerprint density at radius 2 is 2.22 bits per heavy atom. The summed E-state index contributed by atoms with van der Waals surface area (Å²) in [6.07, 6.45) is 3.18. The summed E-state index contributed by atoms with van der Waals surface area (Å²) in [5.74, 6) is -0.123. The van der Waals surface area contributed by atoms with Crippen LogP contribution in [-0.2, 0) is 13.6 Å². The Kier molecular flexibility index (Phi) is 3.47. The van der Waals surface area contributed by atoms with E-state index in [0.717, 1.165) is 0 Å². The Balaban J connectivity index is 2.31. The molecule has 0 aliphatic heterocycles. The molecule has 0 aliphatic rings. The van der Waals surface area contributed by atoms with Crippen molar-refractivity contribution in [3.63, 3.8) is 0 Å². The van der Waals surface area contributed by atoms with Crippen molar-refractivity contribution >= 4 is 21.7 Å². The van der Waals surface area contributed by atoms with Crippen LogP contribution in [0.4, 0.5) is 0 Å². The van der Waals surface area contributed by atoms with Gasteiger partial charge in [-0.3, -0.25) is 14.2 Å². The van der Waals surface area contributed by atoms with Gasteiger partial charge in [0.2, 0.25) is 0 Å². The summed E-state index contributed by atoms with van der Waals surface area (Å²) in [6, 6.07) is 3.52. The lowest BCUT2D eigenvalue weighted by molar-refractivity contribution is 0.0962. The Labute approximate surface area is 112 Å². The van der Waals surface area contributed by atoms with E-state index in [-0.39, 0.29) is 17.9 Å². The standard InChI is InChI=1S/C12H12BrN3O2/c1-8-11(13)12(18)16(7-14-8)6-10(17)9-4-3-5-15(9)2/h3-5,7H,6H2,1-2H3. The number of aryl methyl sites for hydroxylation is 2. The van der Waals surface area contributed by atoms with Crippen molar-refractivity contribution in [2.24, 2.45) is 7.05 Å². The minimum Gasteiger partial charge on any atom is -0.348 e. The molecule has 0 atom stereocenters. The molecule has 0 aromatic carbocycles. The summed E-state index contributed by atoms with van der Waals surface area (Å²) in [5, 5.41) is 0. The van der Waals surface area contributed by atoms with Crippen molar-refractivity contribution in [1.82, 2.24) is 14.1 Å². The first-order valence-corrected chi connectivity index (χ1v) is 6.16. The van der Waals surface area contributed by atoms with Gasteiger partial charge in [0.25, 0.3) is 5.56 Å². The van der Waals surface area contributed by atoms with Crippen LogP contribution in [0.15, 0.2) is 33.9 Å². The van der Waals surface area contributed by atoms with Gasteiger partial charge in [-0.25, -0.2) is 4.98 Å². The SMILES string of the molecule is Cc1ncn(CC(=O)c2cccn2C)c(=O)c1Br. The first-order valence-electron chi connectivity index (χ1n) is 5.36. The topological polar surface area (TPSA) is 56.9 Å². The van der Waals surface area contributed by atoms with Gasteiger partial charge in [0.15, 0.2) is 5.78 Å². The van der Waals surface area contributed by atoms with E-state index < -0.39 is 0 Å². The zero-order valence-electron chi connectivity index (χ0n) is 10.1. The summed E-state index contributed by atoms with van der Waals surface area (Å²) in [6.45, 7) is 1.72. The van der Waals surface area contributed by atoms with Crippen molar-refractivity contribution in [2.75, 3.05) is 0 Å². The Morgan fingerprint density at radius 3 is 2.83 bits per heavy atom. The number of carbonyl (C=O) groups excluding carboxylic acids is 1. The van der Waals surface area contributed by atoms with Crippen LogP contribution in [0.25, 0.3) is 0 Å². The van der Waals surface area contributed by atoms with Crippen LogP contribution in [0.3, 0.4) is 0 Å². The molecule has 0 N–H and O–H groups in total. The third-order valence-electron chi connectivity index (χ3n) is 2.70. The smallest absolute Gasteiger partial charge is 0.268 e. The van der Waals surface area contributed by atoms with Crippen molar-refractivity contribution in [1.29, 1.82) is 0 Å². The maximum Gasteiger partial charge on any atom is 0.268 e. The van der Waals surface area contributed by atoms with E-state index in [1.54, 1.807) is 36.9 Å². The second-order valence-electron chi connectivity index (χ2n) is 4.00. The highest BCUT2D eigenvalue weighted by atomic mass is 79.9. The lowest BCUT2D eigenvalue weighted by atomic mass is 10.3. The molecule has 0 saturated heterocycles. The zero-order chi connectivity index (χ0) is 13.3. The number of hydrogen-bond acceptors (Lipinski definition) is 3. The number of nitrogens with zero attached hydrogens (tertiary/aromatic N) is 3. The van der Waals surface area contributed by atoms with E-state index in [2.05, 4.69) is 20.9 Å². The molecule has 0 bridgehead atoms. The van der Waals surface area contributed by atoms with Gasteiger partial charge in [-0.05, 0) is 35.0 Å².